The molecule has 1 aliphatic carbocycles. The number of non-ortho nitro benzene ring substituents is 1. The third-order valence-electron chi connectivity index (χ3n) is 5.96. The van der Waals surface area contributed by atoms with E-state index < -0.39 is 39.0 Å². The van der Waals surface area contributed by atoms with E-state index in [1.807, 2.05) is 0 Å². The minimum Gasteiger partial charge on any atom is -0.490 e. The molecule has 3 aromatic rings. The fourth-order valence-corrected chi connectivity index (χ4v) is 5.38. The molecule has 1 aliphatic rings. The highest BCUT2D eigenvalue weighted by Crippen LogP contribution is 2.40. The van der Waals surface area contributed by atoms with Gasteiger partial charge in [0.2, 0.25) is 5.75 Å². The highest BCUT2D eigenvalue weighted by atomic mass is 32.1. The highest BCUT2D eigenvalue weighted by molar-refractivity contribution is 7.17. The number of aryl methyl sites for hydroxylation is 1. The van der Waals surface area contributed by atoms with Gasteiger partial charge < -0.3 is 19.5 Å². The topological polar surface area (TPSA) is 202 Å². The van der Waals surface area contributed by atoms with Crippen LogP contribution in [0.15, 0.2) is 41.5 Å². The number of hydrazone groups is 1. The molecule has 0 unspecified atom stereocenters. The molecule has 4 rings (SSSR count). The summed E-state index contributed by atoms with van der Waals surface area (Å²) in [6, 6.07) is 7.37. The Kier molecular flexibility index (Phi) is 9.06. The van der Waals surface area contributed by atoms with Gasteiger partial charge in [0.15, 0.2) is 11.5 Å². The molecule has 1 aromatic heterocycles. The third kappa shape index (κ3) is 6.49. The van der Waals surface area contributed by atoms with Gasteiger partial charge in [0.25, 0.3) is 5.69 Å². The number of rotatable bonds is 10. The zero-order valence-electron chi connectivity index (χ0n) is 22.2. The normalized spacial score (nSPS) is 12.0. The summed E-state index contributed by atoms with van der Waals surface area (Å²) < 4.78 is 16.0. The Morgan fingerprint density at radius 3 is 2.48 bits per heavy atom. The van der Waals surface area contributed by atoms with Crippen molar-refractivity contribution in [1.82, 2.24) is 5.43 Å². The van der Waals surface area contributed by atoms with E-state index >= 15 is 0 Å². The molecule has 218 valence electrons. The summed E-state index contributed by atoms with van der Waals surface area (Å²) in [5.41, 5.74) is 2.52. The average Bonchev–Trinajstić information content (AvgIpc) is 3.55. The smallest absolute Gasteiger partial charge is 0.341 e. The van der Waals surface area contributed by atoms with E-state index in [9.17, 15) is 34.6 Å². The minimum absolute atomic E-state index is 0.0821. The number of nitrogens with zero attached hydrogens (tertiary/aromatic N) is 3. The van der Waals surface area contributed by atoms with E-state index in [4.69, 9.17) is 14.2 Å². The molecule has 42 heavy (non-hydrogen) atoms. The molecule has 0 saturated heterocycles. The van der Waals surface area contributed by atoms with Crippen molar-refractivity contribution in [3.05, 3.63) is 78.2 Å². The molecule has 0 spiro atoms. The SMILES string of the molecule is CCOc1cc(/C=N/NC(=O)C(=O)Nc2sc3c(c2C(=O)OC)CCC3)ccc1Oc1ccc([N+](=O)[O-])cc1[N+](=O)[O-]. The Balaban J connectivity index is 1.45. The first-order valence-electron chi connectivity index (χ1n) is 12.4. The summed E-state index contributed by atoms with van der Waals surface area (Å²) in [7, 11) is 1.24. The van der Waals surface area contributed by atoms with Gasteiger partial charge in [-0.05, 0) is 61.6 Å². The molecule has 2 amide bonds. The Hall–Kier alpha value is -5.38. The van der Waals surface area contributed by atoms with Crippen molar-refractivity contribution >= 4 is 51.7 Å². The monoisotopic (exact) mass is 597 g/mol. The van der Waals surface area contributed by atoms with Crippen molar-refractivity contribution in [1.29, 1.82) is 0 Å². The van der Waals surface area contributed by atoms with Crippen molar-refractivity contribution in [2.75, 3.05) is 19.0 Å². The fourth-order valence-electron chi connectivity index (χ4n) is 4.11. The molecule has 1 heterocycles. The Morgan fingerprint density at radius 2 is 1.79 bits per heavy atom. The second-order valence-corrected chi connectivity index (χ2v) is 9.72. The number of nitro groups is 2. The summed E-state index contributed by atoms with van der Waals surface area (Å²) in [4.78, 5) is 58.9. The van der Waals surface area contributed by atoms with Gasteiger partial charge in [-0.3, -0.25) is 29.8 Å². The number of carbonyl (C=O) groups is 3. The number of fused-ring (bicyclic) bond motifs is 1. The van der Waals surface area contributed by atoms with Crippen LogP contribution in [0.5, 0.6) is 17.2 Å². The number of esters is 1. The van der Waals surface area contributed by atoms with E-state index in [0.717, 1.165) is 41.5 Å². The summed E-state index contributed by atoms with van der Waals surface area (Å²) in [6.07, 6.45) is 3.57. The molecule has 16 heteroatoms. The van der Waals surface area contributed by atoms with Gasteiger partial charge in [-0.15, -0.1) is 11.3 Å². The number of hydrogen-bond acceptors (Lipinski definition) is 12. The lowest BCUT2D eigenvalue weighted by Gasteiger charge is -2.12. The molecule has 0 aliphatic heterocycles. The molecule has 0 fully saturated rings. The molecular formula is C26H23N5O10S. The molecule has 0 radical (unpaired) electrons. The number of anilines is 1. The summed E-state index contributed by atoms with van der Waals surface area (Å²) in [5.74, 6) is -2.69. The zero-order chi connectivity index (χ0) is 30.4. The number of ether oxygens (including phenoxy) is 3. The van der Waals surface area contributed by atoms with Crippen LogP contribution >= 0.6 is 11.3 Å². The van der Waals surface area contributed by atoms with E-state index in [-0.39, 0.29) is 34.4 Å². The molecule has 0 bridgehead atoms. The largest absolute Gasteiger partial charge is 0.490 e. The summed E-state index contributed by atoms with van der Waals surface area (Å²) >= 11 is 1.23. The van der Waals surface area contributed by atoms with Crippen LogP contribution in [-0.4, -0.2) is 47.6 Å². The van der Waals surface area contributed by atoms with Gasteiger partial charge in [-0.2, -0.15) is 5.10 Å². The van der Waals surface area contributed by atoms with Crippen molar-refractivity contribution in [3.8, 4) is 17.2 Å². The first-order chi connectivity index (χ1) is 20.1. The predicted molar refractivity (Wildman–Crippen MR) is 149 cm³/mol. The molecule has 2 aromatic carbocycles. The Bertz CT molecular complexity index is 1620. The predicted octanol–water partition coefficient (Wildman–Crippen LogP) is 4.12. The molecule has 2 N–H and O–H groups in total. The quantitative estimate of drug-likeness (QED) is 0.113. The van der Waals surface area contributed by atoms with Crippen LogP contribution in [0.1, 0.15) is 39.7 Å². The van der Waals surface area contributed by atoms with E-state index in [0.29, 0.717) is 12.0 Å². The van der Waals surface area contributed by atoms with Crippen molar-refractivity contribution in [3.63, 3.8) is 0 Å². The van der Waals surface area contributed by atoms with Gasteiger partial charge in [0, 0.05) is 10.9 Å². The standard InChI is InChI=1S/C26H23N5O10S/c1-3-40-20-11-14(7-9-19(20)41-18-10-8-15(30(35)36)12-17(18)31(37)38)13-27-29-24(33)23(32)28-25-22(26(34)39-2)16-5-4-6-21(16)42-25/h7-13H,3-6H2,1-2H3,(H,28,32)(H,29,33)/b27-13+. The number of thiophene rings is 1. The first-order valence-corrected chi connectivity index (χ1v) is 13.2. The number of nitro benzene ring substituents is 2. The van der Waals surface area contributed by atoms with Crippen LogP contribution in [0, 0.1) is 20.2 Å². The lowest BCUT2D eigenvalue weighted by Crippen LogP contribution is -2.32. The molecular weight excluding hydrogens is 574 g/mol. The van der Waals surface area contributed by atoms with Crippen LogP contribution in [0.2, 0.25) is 0 Å². The third-order valence-corrected chi connectivity index (χ3v) is 7.17. The number of amides is 2. The number of benzene rings is 2. The molecule has 0 saturated carbocycles. The summed E-state index contributed by atoms with van der Waals surface area (Å²) in [6.45, 7) is 1.90. The Labute approximate surface area is 241 Å². The lowest BCUT2D eigenvalue weighted by molar-refractivity contribution is -0.394. The second-order valence-electron chi connectivity index (χ2n) is 8.61. The second kappa shape index (κ2) is 12.9. The van der Waals surface area contributed by atoms with Crippen LogP contribution < -0.4 is 20.2 Å². The maximum absolute atomic E-state index is 12.5. The molecule has 0 atom stereocenters. The Morgan fingerprint density at radius 1 is 1.02 bits per heavy atom. The van der Waals surface area contributed by atoms with Crippen LogP contribution in [0.4, 0.5) is 16.4 Å². The van der Waals surface area contributed by atoms with Crippen molar-refractivity contribution in [2.24, 2.45) is 5.10 Å². The zero-order valence-corrected chi connectivity index (χ0v) is 23.0. The van der Waals surface area contributed by atoms with Crippen molar-refractivity contribution in [2.45, 2.75) is 26.2 Å². The van der Waals surface area contributed by atoms with Gasteiger partial charge in [-0.1, -0.05) is 0 Å². The van der Waals surface area contributed by atoms with E-state index in [2.05, 4.69) is 15.8 Å². The number of carbonyl (C=O) groups excluding carboxylic acids is 3. The molecule has 15 nitrogen and oxygen atoms in total. The lowest BCUT2D eigenvalue weighted by atomic mass is 10.1. The van der Waals surface area contributed by atoms with Crippen LogP contribution in [0.25, 0.3) is 0 Å². The maximum Gasteiger partial charge on any atom is 0.341 e. The number of methoxy groups -OCH3 is 1. The van der Waals surface area contributed by atoms with Gasteiger partial charge in [-0.25, -0.2) is 10.2 Å². The van der Waals surface area contributed by atoms with Crippen LogP contribution in [-0.2, 0) is 27.2 Å². The fraction of sp³-hybridized carbons (Fsp3) is 0.231. The number of nitrogens with one attached hydrogen (secondary N) is 2. The first kappa shape index (κ1) is 29.6. The van der Waals surface area contributed by atoms with E-state index in [1.54, 1.807) is 6.92 Å². The summed E-state index contributed by atoms with van der Waals surface area (Å²) in [5, 5.41) is 28.9. The maximum atomic E-state index is 12.5. The van der Waals surface area contributed by atoms with Crippen LogP contribution in [0.3, 0.4) is 0 Å². The highest BCUT2D eigenvalue weighted by Gasteiger charge is 2.29. The number of hydrogen-bond donors (Lipinski definition) is 2. The van der Waals surface area contributed by atoms with Gasteiger partial charge >= 0.3 is 23.5 Å². The van der Waals surface area contributed by atoms with Gasteiger partial charge in [0.05, 0.1) is 41.4 Å². The minimum atomic E-state index is -1.08. The van der Waals surface area contributed by atoms with E-state index in [1.165, 1.54) is 42.9 Å². The van der Waals surface area contributed by atoms with Crippen molar-refractivity contribution < 1.29 is 38.4 Å². The average molecular weight is 598 g/mol. The van der Waals surface area contributed by atoms with Gasteiger partial charge in [0.1, 0.15) is 5.00 Å².